The summed E-state index contributed by atoms with van der Waals surface area (Å²) in [4.78, 5) is 8.40. The Bertz CT molecular complexity index is 501. The summed E-state index contributed by atoms with van der Waals surface area (Å²) in [7, 11) is 0. The van der Waals surface area contributed by atoms with Crippen molar-refractivity contribution in [2.45, 2.75) is 25.9 Å². The van der Waals surface area contributed by atoms with Gasteiger partial charge in [-0.25, -0.2) is 0 Å². The third kappa shape index (κ3) is 3.15. The van der Waals surface area contributed by atoms with E-state index in [1.54, 1.807) is 18.6 Å². The second-order valence-corrected chi connectivity index (χ2v) is 5.12. The lowest BCUT2D eigenvalue weighted by atomic mass is 10.1. The van der Waals surface area contributed by atoms with Gasteiger partial charge in [-0.15, -0.1) is 0 Å². The number of benzene rings is 1. The molecule has 0 saturated heterocycles. The van der Waals surface area contributed by atoms with E-state index in [9.17, 15) is 0 Å². The smallest absolute Gasteiger partial charge is 0.0753 e. The number of nitrogens with zero attached hydrogens (tertiary/aromatic N) is 2. The molecule has 0 saturated carbocycles. The molecule has 0 radical (unpaired) electrons. The Hall–Kier alpha value is -1.26. The Balaban J connectivity index is 2.08. The summed E-state index contributed by atoms with van der Waals surface area (Å²) < 4.78 is 1.12. The predicted octanol–water partition coefficient (Wildman–Crippen LogP) is 3.65. The minimum atomic E-state index is 0.167. The second kappa shape index (κ2) is 6.07. The zero-order valence-electron chi connectivity index (χ0n) is 10.5. The van der Waals surface area contributed by atoms with Gasteiger partial charge in [-0.1, -0.05) is 34.1 Å². The molecule has 0 bridgehead atoms. The van der Waals surface area contributed by atoms with Crippen molar-refractivity contribution in [2.75, 3.05) is 0 Å². The monoisotopic (exact) mass is 305 g/mol. The van der Waals surface area contributed by atoms with E-state index in [4.69, 9.17) is 0 Å². The van der Waals surface area contributed by atoms with Gasteiger partial charge >= 0.3 is 0 Å². The molecule has 18 heavy (non-hydrogen) atoms. The van der Waals surface area contributed by atoms with Crippen molar-refractivity contribution >= 4 is 15.9 Å². The van der Waals surface area contributed by atoms with Gasteiger partial charge in [0, 0.05) is 35.1 Å². The molecule has 0 aliphatic rings. The summed E-state index contributed by atoms with van der Waals surface area (Å²) in [5.74, 6) is 0. The van der Waals surface area contributed by atoms with Gasteiger partial charge in [-0.3, -0.25) is 9.97 Å². The lowest BCUT2D eigenvalue weighted by Gasteiger charge is -2.20. The molecule has 4 heteroatoms. The van der Waals surface area contributed by atoms with Crippen LogP contribution in [0.4, 0.5) is 0 Å². The largest absolute Gasteiger partial charge is 0.302 e. The Morgan fingerprint density at radius 2 is 1.89 bits per heavy atom. The molecule has 2 rings (SSSR count). The Labute approximate surface area is 116 Å². The van der Waals surface area contributed by atoms with Crippen LogP contribution in [0, 0.1) is 0 Å². The molecular formula is C14H16BrN3. The van der Waals surface area contributed by atoms with Gasteiger partial charge in [-0.2, -0.15) is 0 Å². The summed E-state index contributed by atoms with van der Waals surface area (Å²) >= 11 is 3.58. The quantitative estimate of drug-likeness (QED) is 0.937. The van der Waals surface area contributed by atoms with Crippen LogP contribution in [-0.4, -0.2) is 9.97 Å². The van der Waals surface area contributed by atoms with Crippen LogP contribution in [0.3, 0.4) is 0 Å². The first-order chi connectivity index (χ1) is 8.68. The number of halogens is 1. The first kappa shape index (κ1) is 13.2. The Morgan fingerprint density at radius 3 is 2.56 bits per heavy atom. The zero-order valence-corrected chi connectivity index (χ0v) is 12.1. The highest BCUT2D eigenvalue weighted by molar-refractivity contribution is 9.10. The van der Waals surface area contributed by atoms with Gasteiger partial charge < -0.3 is 5.32 Å². The molecule has 3 nitrogen and oxygen atoms in total. The average Bonchev–Trinajstić information content (AvgIpc) is 2.40. The first-order valence-electron chi connectivity index (χ1n) is 5.95. The van der Waals surface area contributed by atoms with Crippen molar-refractivity contribution in [3.63, 3.8) is 0 Å². The van der Waals surface area contributed by atoms with Gasteiger partial charge in [0.1, 0.15) is 0 Å². The Kier molecular flexibility index (Phi) is 4.44. The normalized spacial score (nSPS) is 14.2. The van der Waals surface area contributed by atoms with Gasteiger partial charge in [-0.05, 0) is 25.5 Å². The second-order valence-electron chi connectivity index (χ2n) is 4.26. The van der Waals surface area contributed by atoms with Crippen molar-refractivity contribution in [1.29, 1.82) is 0 Å². The molecule has 2 aromatic rings. The molecule has 1 N–H and O–H groups in total. The third-order valence-electron chi connectivity index (χ3n) is 2.90. The topological polar surface area (TPSA) is 37.8 Å². The molecule has 0 aliphatic heterocycles. The van der Waals surface area contributed by atoms with Gasteiger partial charge in [0.15, 0.2) is 0 Å². The molecule has 94 valence electrons. The Morgan fingerprint density at radius 1 is 1.11 bits per heavy atom. The van der Waals surface area contributed by atoms with Crippen molar-refractivity contribution in [3.05, 3.63) is 58.6 Å². The fourth-order valence-electron chi connectivity index (χ4n) is 1.91. The SMILES string of the molecule is CC(N[C@@H](C)c1ccccc1Br)c1cnccn1. The summed E-state index contributed by atoms with van der Waals surface area (Å²) in [6.45, 7) is 4.24. The summed E-state index contributed by atoms with van der Waals surface area (Å²) in [5.41, 5.74) is 2.20. The minimum Gasteiger partial charge on any atom is -0.302 e. The van der Waals surface area contributed by atoms with Crippen molar-refractivity contribution in [3.8, 4) is 0 Å². The van der Waals surface area contributed by atoms with Crippen LogP contribution in [0.15, 0.2) is 47.3 Å². The van der Waals surface area contributed by atoms with Crippen LogP contribution >= 0.6 is 15.9 Å². The van der Waals surface area contributed by atoms with E-state index in [1.165, 1.54) is 5.56 Å². The maximum Gasteiger partial charge on any atom is 0.0753 e. The summed E-state index contributed by atoms with van der Waals surface area (Å²) in [5, 5.41) is 3.52. The van der Waals surface area contributed by atoms with E-state index in [-0.39, 0.29) is 12.1 Å². The molecular weight excluding hydrogens is 290 g/mol. The van der Waals surface area contributed by atoms with Crippen molar-refractivity contribution < 1.29 is 0 Å². The number of rotatable bonds is 4. The van der Waals surface area contributed by atoms with Crippen LogP contribution < -0.4 is 5.32 Å². The molecule has 2 atom stereocenters. The lowest BCUT2D eigenvalue weighted by molar-refractivity contribution is 0.484. The fourth-order valence-corrected chi connectivity index (χ4v) is 2.54. The van der Waals surface area contributed by atoms with Crippen LogP contribution in [-0.2, 0) is 0 Å². The van der Waals surface area contributed by atoms with Crippen LogP contribution in [0.2, 0.25) is 0 Å². The average molecular weight is 306 g/mol. The molecule has 0 aliphatic carbocycles. The van der Waals surface area contributed by atoms with Crippen molar-refractivity contribution in [2.24, 2.45) is 0 Å². The highest BCUT2D eigenvalue weighted by Crippen LogP contribution is 2.24. The lowest BCUT2D eigenvalue weighted by Crippen LogP contribution is -2.23. The molecule has 1 heterocycles. The number of aromatic nitrogens is 2. The van der Waals surface area contributed by atoms with Gasteiger partial charge in [0.05, 0.1) is 5.69 Å². The summed E-state index contributed by atoms with van der Waals surface area (Å²) in [6.07, 6.45) is 5.20. The predicted molar refractivity (Wildman–Crippen MR) is 76.1 cm³/mol. The minimum absolute atomic E-state index is 0.167. The molecule has 1 unspecified atom stereocenters. The van der Waals surface area contributed by atoms with E-state index in [2.05, 4.69) is 57.2 Å². The standard InChI is InChI=1S/C14H16BrN3/c1-10(12-5-3-4-6-13(12)15)18-11(2)14-9-16-7-8-17-14/h3-11,18H,1-2H3/t10-,11?/m0/s1. The fraction of sp³-hybridized carbons (Fsp3) is 0.286. The first-order valence-corrected chi connectivity index (χ1v) is 6.74. The van der Waals surface area contributed by atoms with E-state index in [0.29, 0.717) is 0 Å². The zero-order chi connectivity index (χ0) is 13.0. The number of hydrogen-bond acceptors (Lipinski definition) is 3. The molecule has 1 aromatic heterocycles. The van der Waals surface area contributed by atoms with E-state index in [1.807, 2.05) is 12.1 Å². The molecule has 0 amide bonds. The third-order valence-corrected chi connectivity index (χ3v) is 3.62. The molecule has 1 aromatic carbocycles. The van der Waals surface area contributed by atoms with Crippen LogP contribution in [0.25, 0.3) is 0 Å². The number of hydrogen-bond donors (Lipinski definition) is 1. The van der Waals surface area contributed by atoms with Gasteiger partial charge in [0.25, 0.3) is 0 Å². The highest BCUT2D eigenvalue weighted by atomic mass is 79.9. The molecule has 0 spiro atoms. The van der Waals surface area contributed by atoms with E-state index < -0.39 is 0 Å². The maximum atomic E-state index is 4.31. The highest BCUT2D eigenvalue weighted by Gasteiger charge is 2.13. The molecule has 0 fully saturated rings. The van der Waals surface area contributed by atoms with E-state index in [0.717, 1.165) is 10.2 Å². The van der Waals surface area contributed by atoms with Crippen LogP contribution in [0.1, 0.15) is 37.2 Å². The van der Waals surface area contributed by atoms with Gasteiger partial charge in [0.2, 0.25) is 0 Å². The maximum absolute atomic E-state index is 4.31. The number of nitrogens with one attached hydrogen (secondary N) is 1. The van der Waals surface area contributed by atoms with Crippen molar-refractivity contribution in [1.82, 2.24) is 15.3 Å². The summed E-state index contributed by atoms with van der Waals surface area (Å²) in [6, 6.07) is 8.65. The van der Waals surface area contributed by atoms with Crippen LogP contribution in [0.5, 0.6) is 0 Å². The van der Waals surface area contributed by atoms with E-state index >= 15 is 0 Å².